The molecule has 0 fully saturated rings. The van der Waals surface area contributed by atoms with Crippen molar-refractivity contribution in [1.82, 2.24) is 0 Å². The zero-order chi connectivity index (χ0) is 12.7. The smallest absolute Gasteiger partial charge is 0.165 e. The SMILES string of the molecule is CCOCCC(=O)Cc1ccc(OC)c(F)c1. The van der Waals surface area contributed by atoms with Gasteiger partial charge < -0.3 is 9.47 Å². The van der Waals surface area contributed by atoms with Crippen molar-refractivity contribution in [3.63, 3.8) is 0 Å². The van der Waals surface area contributed by atoms with Crippen LogP contribution in [0.15, 0.2) is 18.2 Å². The van der Waals surface area contributed by atoms with Gasteiger partial charge in [0.25, 0.3) is 0 Å². The maximum absolute atomic E-state index is 13.3. The number of halogens is 1. The number of ketones is 1. The summed E-state index contributed by atoms with van der Waals surface area (Å²) in [4.78, 5) is 11.5. The molecular weight excluding hydrogens is 223 g/mol. The minimum absolute atomic E-state index is 0.0445. The van der Waals surface area contributed by atoms with Gasteiger partial charge in [-0.15, -0.1) is 0 Å². The third-order valence-corrected chi connectivity index (χ3v) is 2.35. The van der Waals surface area contributed by atoms with Crippen molar-refractivity contribution in [3.8, 4) is 5.75 Å². The Labute approximate surface area is 101 Å². The summed E-state index contributed by atoms with van der Waals surface area (Å²) >= 11 is 0. The summed E-state index contributed by atoms with van der Waals surface area (Å²) in [6, 6.07) is 4.55. The van der Waals surface area contributed by atoms with Gasteiger partial charge in [0.05, 0.1) is 13.7 Å². The van der Waals surface area contributed by atoms with Crippen LogP contribution in [0.25, 0.3) is 0 Å². The fraction of sp³-hybridized carbons (Fsp3) is 0.462. The summed E-state index contributed by atoms with van der Waals surface area (Å²) in [6.45, 7) is 2.90. The summed E-state index contributed by atoms with van der Waals surface area (Å²) < 4.78 is 23.2. The lowest BCUT2D eigenvalue weighted by atomic mass is 10.1. The molecule has 0 saturated heterocycles. The highest BCUT2D eigenvalue weighted by Gasteiger charge is 2.07. The molecule has 0 amide bonds. The second-order valence-corrected chi connectivity index (χ2v) is 3.63. The molecule has 1 rings (SSSR count). The van der Waals surface area contributed by atoms with Crippen molar-refractivity contribution in [3.05, 3.63) is 29.6 Å². The number of hydrogen-bond donors (Lipinski definition) is 0. The molecule has 0 heterocycles. The van der Waals surface area contributed by atoms with Crippen molar-refractivity contribution < 1.29 is 18.7 Å². The molecule has 0 saturated carbocycles. The monoisotopic (exact) mass is 240 g/mol. The van der Waals surface area contributed by atoms with Gasteiger partial charge in [0.15, 0.2) is 11.6 Å². The van der Waals surface area contributed by atoms with Crippen LogP contribution in [0.1, 0.15) is 18.9 Å². The predicted octanol–water partition coefficient (Wildman–Crippen LogP) is 2.37. The van der Waals surface area contributed by atoms with Crippen molar-refractivity contribution in [2.75, 3.05) is 20.3 Å². The second-order valence-electron chi connectivity index (χ2n) is 3.63. The molecule has 0 bridgehead atoms. The molecule has 94 valence electrons. The summed E-state index contributed by atoms with van der Waals surface area (Å²) in [5.41, 5.74) is 0.657. The Bertz CT molecular complexity index is 377. The Hall–Kier alpha value is -1.42. The highest BCUT2D eigenvalue weighted by atomic mass is 19.1. The molecule has 17 heavy (non-hydrogen) atoms. The molecule has 0 atom stereocenters. The van der Waals surface area contributed by atoms with E-state index in [1.165, 1.54) is 19.2 Å². The third kappa shape index (κ3) is 4.53. The van der Waals surface area contributed by atoms with E-state index in [2.05, 4.69) is 0 Å². The summed E-state index contributed by atoms with van der Waals surface area (Å²) in [6.07, 6.45) is 0.593. The van der Waals surface area contributed by atoms with Crippen LogP contribution in [0.2, 0.25) is 0 Å². The summed E-state index contributed by atoms with van der Waals surface area (Å²) in [7, 11) is 1.41. The first-order valence-electron chi connectivity index (χ1n) is 5.59. The molecule has 0 radical (unpaired) electrons. The normalized spacial score (nSPS) is 10.3. The maximum atomic E-state index is 13.3. The third-order valence-electron chi connectivity index (χ3n) is 2.35. The number of carbonyl (C=O) groups excluding carboxylic acids is 1. The number of hydrogen-bond acceptors (Lipinski definition) is 3. The summed E-state index contributed by atoms with van der Waals surface area (Å²) in [5, 5.41) is 0. The van der Waals surface area contributed by atoms with Gasteiger partial charge in [-0.1, -0.05) is 6.07 Å². The molecular formula is C13H17FO3. The first kappa shape index (κ1) is 13.6. The highest BCUT2D eigenvalue weighted by Crippen LogP contribution is 2.18. The topological polar surface area (TPSA) is 35.5 Å². The van der Waals surface area contributed by atoms with Crippen molar-refractivity contribution in [2.24, 2.45) is 0 Å². The minimum atomic E-state index is -0.442. The molecule has 0 spiro atoms. The number of methoxy groups -OCH3 is 1. The molecule has 1 aromatic carbocycles. The number of Topliss-reactive ketones (excluding diaryl/α,β-unsaturated/α-hetero) is 1. The Kier molecular flexibility index (Phi) is 5.63. The lowest BCUT2D eigenvalue weighted by Gasteiger charge is -2.05. The van der Waals surface area contributed by atoms with Gasteiger partial charge >= 0.3 is 0 Å². The van der Waals surface area contributed by atoms with Gasteiger partial charge in [0.2, 0.25) is 0 Å². The average Bonchev–Trinajstić information content (AvgIpc) is 2.29. The van der Waals surface area contributed by atoms with Crippen LogP contribution in [-0.2, 0) is 16.0 Å². The van der Waals surface area contributed by atoms with E-state index in [0.717, 1.165) is 0 Å². The van der Waals surface area contributed by atoms with Crippen LogP contribution in [0.5, 0.6) is 5.75 Å². The standard InChI is InChI=1S/C13H17FO3/c1-3-17-7-6-11(15)8-10-4-5-13(16-2)12(14)9-10/h4-5,9H,3,6-8H2,1-2H3. The van der Waals surface area contributed by atoms with Gasteiger partial charge in [-0.05, 0) is 24.6 Å². The number of ether oxygens (including phenoxy) is 2. The molecule has 0 aliphatic heterocycles. The first-order valence-corrected chi connectivity index (χ1v) is 5.59. The van der Waals surface area contributed by atoms with Crippen LogP contribution < -0.4 is 4.74 Å². The van der Waals surface area contributed by atoms with E-state index in [-0.39, 0.29) is 18.0 Å². The van der Waals surface area contributed by atoms with Crippen LogP contribution in [0.4, 0.5) is 4.39 Å². The number of rotatable bonds is 7. The van der Waals surface area contributed by atoms with Crippen LogP contribution in [0, 0.1) is 5.82 Å². The van der Waals surface area contributed by atoms with E-state index in [9.17, 15) is 9.18 Å². The van der Waals surface area contributed by atoms with E-state index >= 15 is 0 Å². The van der Waals surface area contributed by atoms with E-state index < -0.39 is 5.82 Å². The lowest BCUT2D eigenvalue weighted by molar-refractivity contribution is -0.119. The Morgan fingerprint density at radius 2 is 2.18 bits per heavy atom. The van der Waals surface area contributed by atoms with Gasteiger partial charge in [0, 0.05) is 19.4 Å². The van der Waals surface area contributed by atoms with E-state index in [0.29, 0.717) is 25.2 Å². The highest BCUT2D eigenvalue weighted by molar-refractivity contribution is 5.80. The molecule has 0 aliphatic rings. The Morgan fingerprint density at radius 3 is 2.76 bits per heavy atom. The van der Waals surface area contributed by atoms with Gasteiger partial charge in [-0.25, -0.2) is 4.39 Å². The zero-order valence-electron chi connectivity index (χ0n) is 10.2. The summed E-state index contributed by atoms with van der Waals surface area (Å²) in [5.74, 6) is -0.207. The quantitative estimate of drug-likeness (QED) is 0.686. The fourth-order valence-electron chi connectivity index (χ4n) is 1.47. The largest absolute Gasteiger partial charge is 0.494 e. The predicted molar refractivity (Wildman–Crippen MR) is 62.8 cm³/mol. The molecule has 0 aromatic heterocycles. The average molecular weight is 240 g/mol. The van der Waals surface area contributed by atoms with Gasteiger partial charge in [0.1, 0.15) is 5.78 Å². The second kappa shape index (κ2) is 7.01. The van der Waals surface area contributed by atoms with Crippen molar-refractivity contribution >= 4 is 5.78 Å². The zero-order valence-corrected chi connectivity index (χ0v) is 10.2. The molecule has 0 unspecified atom stereocenters. The molecule has 1 aromatic rings. The fourth-order valence-corrected chi connectivity index (χ4v) is 1.47. The van der Waals surface area contributed by atoms with Crippen molar-refractivity contribution in [2.45, 2.75) is 19.8 Å². The maximum Gasteiger partial charge on any atom is 0.165 e. The lowest BCUT2D eigenvalue weighted by Crippen LogP contribution is -2.07. The molecule has 0 aliphatic carbocycles. The van der Waals surface area contributed by atoms with Gasteiger partial charge in [-0.2, -0.15) is 0 Å². The van der Waals surface area contributed by atoms with Crippen LogP contribution in [0.3, 0.4) is 0 Å². The molecule has 3 nitrogen and oxygen atoms in total. The van der Waals surface area contributed by atoms with Crippen LogP contribution in [-0.4, -0.2) is 26.1 Å². The number of benzene rings is 1. The minimum Gasteiger partial charge on any atom is -0.494 e. The Morgan fingerprint density at radius 1 is 1.41 bits per heavy atom. The van der Waals surface area contributed by atoms with E-state index in [1.54, 1.807) is 6.07 Å². The number of carbonyl (C=O) groups is 1. The van der Waals surface area contributed by atoms with Crippen LogP contribution >= 0.6 is 0 Å². The van der Waals surface area contributed by atoms with E-state index in [1.807, 2.05) is 6.92 Å². The molecule has 0 N–H and O–H groups in total. The van der Waals surface area contributed by atoms with Gasteiger partial charge in [-0.3, -0.25) is 4.79 Å². The van der Waals surface area contributed by atoms with E-state index in [4.69, 9.17) is 9.47 Å². The molecule has 4 heteroatoms. The first-order chi connectivity index (χ1) is 8.17. The van der Waals surface area contributed by atoms with Crippen molar-refractivity contribution in [1.29, 1.82) is 0 Å². The Balaban J connectivity index is 2.51.